The van der Waals surface area contributed by atoms with Crippen LogP contribution in [0.4, 0.5) is 5.82 Å². The molecule has 1 aliphatic rings. The van der Waals surface area contributed by atoms with Gasteiger partial charge in [0.25, 0.3) is 0 Å². The molecular weight excluding hydrogens is 240 g/mol. The zero-order chi connectivity index (χ0) is 13.4. The molecule has 102 valence electrons. The van der Waals surface area contributed by atoms with Crippen molar-refractivity contribution in [3.8, 4) is 0 Å². The van der Waals surface area contributed by atoms with E-state index in [-0.39, 0.29) is 0 Å². The molecule has 2 aromatic rings. The number of nitrogens with zero attached hydrogens (tertiary/aromatic N) is 5. The highest BCUT2D eigenvalue weighted by Gasteiger charge is 2.24. The van der Waals surface area contributed by atoms with Crippen LogP contribution in [0.1, 0.15) is 20.3 Å². The number of hydrogen-bond acceptors (Lipinski definition) is 5. The van der Waals surface area contributed by atoms with Crippen molar-refractivity contribution in [1.82, 2.24) is 24.6 Å². The molecule has 0 spiro atoms. The molecule has 19 heavy (non-hydrogen) atoms. The van der Waals surface area contributed by atoms with Crippen LogP contribution < -0.4 is 5.32 Å². The predicted molar refractivity (Wildman–Crippen MR) is 75.0 cm³/mol. The zero-order valence-electron chi connectivity index (χ0n) is 11.7. The summed E-state index contributed by atoms with van der Waals surface area (Å²) in [4.78, 5) is 11.1. The Kier molecular flexibility index (Phi) is 3.10. The normalized spacial score (nSPS) is 20.5. The second kappa shape index (κ2) is 4.77. The highest BCUT2D eigenvalue weighted by atomic mass is 15.3. The number of hydrogen-bond donors (Lipinski definition) is 1. The number of fused-ring (bicyclic) bond motifs is 1. The van der Waals surface area contributed by atoms with Crippen molar-refractivity contribution in [2.75, 3.05) is 18.4 Å². The molecule has 0 aromatic carbocycles. The first-order chi connectivity index (χ1) is 9.15. The number of rotatable bonds is 3. The molecule has 3 rings (SSSR count). The first-order valence-electron chi connectivity index (χ1n) is 6.78. The van der Waals surface area contributed by atoms with E-state index in [4.69, 9.17) is 0 Å². The molecule has 2 aromatic heterocycles. The maximum absolute atomic E-state index is 4.36. The summed E-state index contributed by atoms with van der Waals surface area (Å²) in [5.41, 5.74) is 0.871. The Morgan fingerprint density at radius 3 is 2.95 bits per heavy atom. The highest BCUT2D eigenvalue weighted by Crippen LogP contribution is 2.21. The van der Waals surface area contributed by atoms with Crippen molar-refractivity contribution in [2.45, 2.75) is 32.4 Å². The van der Waals surface area contributed by atoms with Crippen LogP contribution in [0.15, 0.2) is 12.5 Å². The van der Waals surface area contributed by atoms with Crippen molar-refractivity contribution >= 4 is 16.9 Å². The number of anilines is 1. The quantitative estimate of drug-likeness (QED) is 0.900. The lowest BCUT2D eigenvalue weighted by atomic mass is 10.2. The van der Waals surface area contributed by atoms with Crippen LogP contribution in [0.25, 0.3) is 11.0 Å². The standard InChI is InChI=1S/C13H20N6/c1-9(2)19-5-4-10(7-19)17-12-11-6-16-18(3)13(11)15-8-14-12/h6,8-10H,4-5,7H2,1-3H3,(H,14,15,17)/t10-/m1/s1. The fourth-order valence-electron chi connectivity index (χ4n) is 2.64. The van der Waals surface area contributed by atoms with Crippen molar-refractivity contribution < 1.29 is 0 Å². The van der Waals surface area contributed by atoms with Crippen LogP contribution in [0.2, 0.25) is 0 Å². The third kappa shape index (κ3) is 2.28. The topological polar surface area (TPSA) is 58.9 Å². The summed E-state index contributed by atoms with van der Waals surface area (Å²) < 4.78 is 1.78. The molecule has 0 saturated carbocycles. The van der Waals surface area contributed by atoms with Gasteiger partial charge in [-0.3, -0.25) is 9.58 Å². The van der Waals surface area contributed by atoms with E-state index in [2.05, 4.69) is 39.1 Å². The fourth-order valence-corrected chi connectivity index (χ4v) is 2.64. The summed E-state index contributed by atoms with van der Waals surface area (Å²) in [6.45, 7) is 6.71. The summed E-state index contributed by atoms with van der Waals surface area (Å²) in [5, 5.41) is 8.77. The largest absolute Gasteiger partial charge is 0.365 e. The molecule has 0 unspecified atom stereocenters. The molecule has 0 radical (unpaired) electrons. The summed E-state index contributed by atoms with van der Waals surface area (Å²) in [6.07, 6.45) is 4.58. The van der Waals surface area contributed by atoms with E-state index in [0.29, 0.717) is 12.1 Å². The lowest BCUT2D eigenvalue weighted by Crippen LogP contribution is -2.31. The van der Waals surface area contributed by atoms with Gasteiger partial charge >= 0.3 is 0 Å². The van der Waals surface area contributed by atoms with Gasteiger partial charge in [0.15, 0.2) is 5.65 Å². The van der Waals surface area contributed by atoms with E-state index in [1.807, 2.05) is 13.2 Å². The molecule has 1 N–H and O–H groups in total. The van der Waals surface area contributed by atoms with Gasteiger partial charge in [-0.25, -0.2) is 9.97 Å². The monoisotopic (exact) mass is 260 g/mol. The van der Waals surface area contributed by atoms with E-state index in [1.165, 1.54) is 0 Å². The first-order valence-corrected chi connectivity index (χ1v) is 6.78. The summed E-state index contributed by atoms with van der Waals surface area (Å²) in [7, 11) is 1.90. The van der Waals surface area contributed by atoms with E-state index >= 15 is 0 Å². The Morgan fingerprint density at radius 2 is 2.21 bits per heavy atom. The Bertz CT molecular complexity index is 576. The first kappa shape index (κ1) is 12.3. The van der Waals surface area contributed by atoms with E-state index < -0.39 is 0 Å². The Morgan fingerprint density at radius 1 is 1.37 bits per heavy atom. The minimum Gasteiger partial charge on any atom is -0.365 e. The molecule has 0 aliphatic carbocycles. The fraction of sp³-hybridized carbons (Fsp3) is 0.615. The zero-order valence-corrected chi connectivity index (χ0v) is 11.7. The second-order valence-electron chi connectivity index (χ2n) is 5.45. The van der Waals surface area contributed by atoms with Crippen LogP contribution >= 0.6 is 0 Å². The Balaban J connectivity index is 1.79. The van der Waals surface area contributed by atoms with E-state index in [0.717, 1.165) is 36.4 Å². The van der Waals surface area contributed by atoms with Gasteiger partial charge in [-0.2, -0.15) is 5.10 Å². The average molecular weight is 260 g/mol. The molecule has 1 saturated heterocycles. The van der Waals surface area contributed by atoms with Gasteiger partial charge in [-0.05, 0) is 20.3 Å². The number of nitrogens with one attached hydrogen (secondary N) is 1. The van der Waals surface area contributed by atoms with Gasteiger partial charge in [0.1, 0.15) is 12.1 Å². The Hall–Kier alpha value is -1.69. The number of likely N-dealkylation sites (tertiary alicyclic amines) is 1. The third-order valence-electron chi connectivity index (χ3n) is 3.82. The van der Waals surface area contributed by atoms with Gasteiger partial charge in [0.05, 0.1) is 11.6 Å². The van der Waals surface area contributed by atoms with Gasteiger partial charge in [0, 0.05) is 32.2 Å². The van der Waals surface area contributed by atoms with E-state index in [9.17, 15) is 0 Å². The molecule has 3 heterocycles. The van der Waals surface area contributed by atoms with Gasteiger partial charge in [-0.1, -0.05) is 0 Å². The van der Waals surface area contributed by atoms with Crippen LogP contribution in [0.3, 0.4) is 0 Å². The average Bonchev–Trinajstić information content (AvgIpc) is 2.98. The lowest BCUT2D eigenvalue weighted by molar-refractivity contribution is 0.274. The van der Waals surface area contributed by atoms with Crippen LogP contribution in [-0.4, -0.2) is 49.8 Å². The maximum atomic E-state index is 4.36. The molecular formula is C13H20N6. The SMILES string of the molecule is CC(C)N1CC[C@@H](Nc2ncnc3c2cnn3C)C1. The summed E-state index contributed by atoms with van der Waals surface area (Å²) >= 11 is 0. The smallest absolute Gasteiger partial charge is 0.163 e. The van der Waals surface area contributed by atoms with Crippen molar-refractivity contribution in [1.29, 1.82) is 0 Å². The van der Waals surface area contributed by atoms with Gasteiger partial charge in [0.2, 0.25) is 0 Å². The lowest BCUT2D eigenvalue weighted by Gasteiger charge is -2.20. The van der Waals surface area contributed by atoms with Crippen LogP contribution in [0, 0.1) is 0 Å². The molecule has 0 amide bonds. The molecule has 1 atom stereocenters. The number of aryl methyl sites for hydroxylation is 1. The minimum absolute atomic E-state index is 0.459. The molecule has 6 heteroatoms. The second-order valence-corrected chi connectivity index (χ2v) is 5.45. The van der Waals surface area contributed by atoms with Crippen LogP contribution in [-0.2, 0) is 7.05 Å². The van der Waals surface area contributed by atoms with Crippen molar-refractivity contribution in [2.24, 2.45) is 7.05 Å². The minimum atomic E-state index is 0.459. The summed E-state index contributed by atoms with van der Waals surface area (Å²) in [5.74, 6) is 0.897. The Labute approximate surface area is 112 Å². The number of aromatic nitrogens is 4. The molecule has 6 nitrogen and oxygen atoms in total. The van der Waals surface area contributed by atoms with Gasteiger partial charge < -0.3 is 5.32 Å². The maximum Gasteiger partial charge on any atom is 0.163 e. The molecule has 0 bridgehead atoms. The van der Waals surface area contributed by atoms with Gasteiger partial charge in [-0.15, -0.1) is 0 Å². The molecule has 1 fully saturated rings. The van der Waals surface area contributed by atoms with Crippen LogP contribution in [0.5, 0.6) is 0 Å². The van der Waals surface area contributed by atoms with E-state index in [1.54, 1.807) is 11.0 Å². The van der Waals surface area contributed by atoms with Crippen molar-refractivity contribution in [3.63, 3.8) is 0 Å². The predicted octanol–water partition coefficient (Wildman–Crippen LogP) is 1.26. The summed E-state index contributed by atoms with van der Waals surface area (Å²) in [6, 6.07) is 1.07. The van der Waals surface area contributed by atoms with Crippen molar-refractivity contribution in [3.05, 3.63) is 12.5 Å². The highest BCUT2D eigenvalue weighted by molar-refractivity contribution is 5.86. The third-order valence-corrected chi connectivity index (χ3v) is 3.82. The molecule has 1 aliphatic heterocycles.